The Hall–Kier alpha value is -4.13. The van der Waals surface area contributed by atoms with Crippen LogP contribution in [-0.4, -0.2) is 77.2 Å². The summed E-state index contributed by atoms with van der Waals surface area (Å²) in [5.41, 5.74) is -0.0961. The molecular weight excluding hydrogens is 556 g/mol. The van der Waals surface area contributed by atoms with Gasteiger partial charge in [-0.25, -0.2) is 14.4 Å². The van der Waals surface area contributed by atoms with Gasteiger partial charge < -0.3 is 38.6 Å². The Morgan fingerprint density at radius 3 is 2.36 bits per heavy atom. The summed E-state index contributed by atoms with van der Waals surface area (Å²) in [5, 5.41) is 21.6. The Morgan fingerprint density at radius 1 is 1.02 bits per heavy atom. The summed E-state index contributed by atoms with van der Waals surface area (Å²) in [4.78, 5) is 60.6. The average molecular weight is 589 g/mol. The van der Waals surface area contributed by atoms with E-state index >= 15 is 0 Å². The fraction of sp³-hybridized carbons (Fsp3) is 0.552. The first-order valence-corrected chi connectivity index (χ1v) is 13.6. The van der Waals surface area contributed by atoms with Gasteiger partial charge in [0.05, 0.1) is 18.1 Å². The van der Waals surface area contributed by atoms with E-state index in [0.717, 1.165) is 37.8 Å². The van der Waals surface area contributed by atoms with Gasteiger partial charge in [-0.05, 0) is 56.2 Å². The molecule has 7 atom stereocenters. The molecule has 226 valence electrons. The van der Waals surface area contributed by atoms with Crippen molar-refractivity contribution in [1.29, 1.82) is 0 Å². The number of hydrogen-bond donors (Lipinski definition) is 2. The highest BCUT2D eigenvalue weighted by molar-refractivity contribution is 5.89. The largest absolute Gasteiger partial charge is 0.493 e. The van der Waals surface area contributed by atoms with Crippen molar-refractivity contribution >= 4 is 29.8 Å². The number of carboxylic acid groups (broad SMARTS) is 1. The molecule has 5 rings (SSSR count). The number of rotatable bonds is 9. The molecule has 1 aromatic rings. The van der Waals surface area contributed by atoms with Gasteiger partial charge in [0.2, 0.25) is 12.2 Å². The third kappa shape index (κ3) is 4.46. The van der Waals surface area contributed by atoms with Crippen LogP contribution >= 0.6 is 0 Å². The second-order valence-electron chi connectivity index (χ2n) is 11.0. The minimum atomic E-state index is -2.21. The third-order valence-corrected chi connectivity index (χ3v) is 8.65. The quantitative estimate of drug-likeness (QED) is 0.313. The van der Waals surface area contributed by atoms with Crippen molar-refractivity contribution in [2.24, 2.45) is 5.92 Å². The van der Waals surface area contributed by atoms with Gasteiger partial charge in [-0.3, -0.25) is 9.59 Å². The number of aliphatic carboxylic acids is 1. The van der Waals surface area contributed by atoms with E-state index in [2.05, 4.69) is 4.74 Å². The van der Waals surface area contributed by atoms with Crippen molar-refractivity contribution in [3.05, 3.63) is 35.1 Å². The van der Waals surface area contributed by atoms with E-state index in [-0.39, 0.29) is 18.1 Å². The highest BCUT2D eigenvalue weighted by Gasteiger charge is 2.71. The zero-order valence-corrected chi connectivity index (χ0v) is 23.5. The molecule has 0 unspecified atom stereocenters. The van der Waals surface area contributed by atoms with Gasteiger partial charge in [-0.2, -0.15) is 0 Å². The van der Waals surface area contributed by atoms with E-state index in [1.54, 1.807) is 6.08 Å². The molecule has 2 N–H and O–H groups in total. The van der Waals surface area contributed by atoms with Crippen LogP contribution in [0.15, 0.2) is 24.0 Å². The topological polar surface area (TPSA) is 181 Å². The van der Waals surface area contributed by atoms with E-state index in [9.17, 15) is 34.2 Å². The molecule has 1 aromatic carbocycles. The van der Waals surface area contributed by atoms with Crippen LogP contribution in [-0.2, 0) is 54.8 Å². The summed E-state index contributed by atoms with van der Waals surface area (Å²) >= 11 is 0. The molecule has 3 aliphatic carbocycles. The number of methoxy groups -OCH3 is 1. The molecule has 1 heterocycles. The van der Waals surface area contributed by atoms with Gasteiger partial charge in [0.25, 0.3) is 0 Å². The molecule has 13 heteroatoms. The molecule has 1 aliphatic heterocycles. The predicted octanol–water partition coefficient (Wildman–Crippen LogP) is 1.49. The van der Waals surface area contributed by atoms with Crippen molar-refractivity contribution in [3.63, 3.8) is 0 Å². The van der Waals surface area contributed by atoms with Crippen LogP contribution in [0.5, 0.6) is 11.5 Å². The zero-order chi connectivity index (χ0) is 30.6. The lowest BCUT2D eigenvalue weighted by atomic mass is 9.47. The van der Waals surface area contributed by atoms with Gasteiger partial charge in [0.15, 0.2) is 23.7 Å². The van der Waals surface area contributed by atoms with Crippen molar-refractivity contribution in [1.82, 2.24) is 0 Å². The summed E-state index contributed by atoms with van der Waals surface area (Å²) < 4.78 is 32.2. The molecule has 1 fully saturated rings. The van der Waals surface area contributed by atoms with Gasteiger partial charge >= 0.3 is 29.8 Å². The molecule has 0 aromatic heterocycles. The second-order valence-corrected chi connectivity index (χ2v) is 11.0. The van der Waals surface area contributed by atoms with E-state index in [4.69, 9.17) is 23.7 Å². The SMILES string of the molecule is COc1ccc2c3c1O[C@@H]1C(OC(=O)[C@H](C)OC(=O)[C@H](OC(C)=O)[C@@H](OC(C)=O)C(=O)O)=CC[C@]4(O)[C@@H](CCC[C@@]314)C2. The Balaban J connectivity index is 1.39. The maximum Gasteiger partial charge on any atom is 0.352 e. The fourth-order valence-electron chi connectivity index (χ4n) is 7.00. The first-order chi connectivity index (χ1) is 19.8. The number of benzene rings is 1. The third-order valence-electron chi connectivity index (χ3n) is 8.65. The normalized spacial score (nSPS) is 28.5. The van der Waals surface area contributed by atoms with Crippen molar-refractivity contribution in [2.45, 2.75) is 88.3 Å². The predicted molar refractivity (Wildman–Crippen MR) is 138 cm³/mol. The molecule has 1 spiro atoms. The lowest BCUT2D eigenvalue weighted by molar-refractivity contribution is -0.192. The minimum Gasteiger partial charge on any atom is -0.493 e. The van der Waals surface area contributed by atoms with Gasteiger partial charge in [-0.15, -0.1) is 0 Å². The number of hydrogen-bond acceptors (Lipinski definition) is 12. The molecule has 13 nitrogen and oxygen atoms in total. The highest BCUT2D eigenvalue weighted by atomic mass is 16.6. The first kappa shape index (κ1) is 29.4. The van der Waals surface area contributed by atoms with Crippen LogP contribution in [0.4, 0.5) is 0 Å². The summed E-state index contributed by atoms with van der Waals surface area (Å²) in [6.07, 6.45) is -2.06. The maximum absolute atomic E-state index is 13.2. The van der Waals surface area contributed by atoms with Gasteiger partial charge in [0.1, 0.15) is 5.76 Å². The van der Waals surface area contributed by atoms with Crippen LogP contribution < -0.4 is 9.47 Å². The highest BCUT2D eigenvalue weighted by Crippen LogP contribution is 2.67. The Bertz CT molecular complexity index is 1380. The van der Waals surface area contributed by atoms with E-state index in [0.29, 0.717) is 24.3 Å². The summed E-state index contributed by atoms with van der Waals surface area (Å²) in [6.45, 7) is 3.02. The van der Waals surface area contributed by atoms with E-state index in [1.165, 1.54) is 14.0 Å². The average Bonchev–Trinajstić information content (AvgIpc) is 3.26. The standard InChI is InChI=1S/C29H32O13/c1-13(38-27(35)23(40-15(3)31)22(25(32)33)39-14(2)30)26(34)41-19-9-11-29(36)17-6-5-10-28(29)20-16(12-17)7-8-18(37-4)21(20)42-24(19)28/h7-9,13,17,22-24,36H,5-6,10-12H2,1-4H3,(H,32,33)/t13-,17-,22+,23+,24+,28+,29-/m0/s1. The number of esters is 4. The molecular formula is C29H32O13. The molecule has 0 saturated heterocycles. The fourth-order valence-corrected chi connectivity index (χ4v) is 7.00. The Kier molecular flexibility index (Phi) is 7.42. The molecule has 2 bridgehead atoms. The van der Waals surface area contributed by atoms with Gasteiger partial charge in [-0.1, -0.05) is 12.5 Å². The number of carboxylic acids is 1. The number of carbonyl (C=O) groups excluding carboxylic acids is 4. The molecule has 1 saturated carbocycles. The molecule has 42 heavy (non-hydrogen) atoms. The van der Waals surface area contributed by atoms with Crippen LogP contribution in [0.2, 0.25) is 0 Å². The molecule has 0 radical (unpaired) electrons. The smallest absolute Gasteiger partial charge is 0.352 e. The van der Waals surface area contributed by atoms with Gasteiger partial charge in [0, 0.05) is 19.4 Å². The second kappa shape index (κ2) is 10.6. The van der Waals surface area contributed by atoms with Crippen LogP contribution in [0.25, 0.3) is 0 Å². The van der Waals surface area contributed by atoms with E-state index in [1.807, 2.05) is 12.1 Å². The number of aliphatic hydroxyl groups is 1. The lowest BCUT2D eigenvalue weighted by Crippen LogP contribution is -2.67. The van der Waals surface area contributed by atoms with Crippen LogP contribution in [0.1, 0.15) is 57.6 Å². The van der Waals surface area contributed by atoms with Crippen LogP contribution in [0.3, 0.4) is 0 Å². The minimum absolute atomic E-state index is 0.0183. The molecule has 4 aliphatic rings. The first-order valence-electron chi connectivity index (χ1n) is 13.6. The van der Waals surface area contributed by atoms with Crippen molar-refractivity contribution in [3.8, 4) is 11.5 Å². The zero-order valence-electron chi connectivity index (χ0n) is 23.5. The molecule has 0 amide bonds. The van der Waals surface area contributed by atoms with Crippen molar-refractivity contribution < 1.29 is 62.6 Å². The Labute approximate surface area is 240 Å². The summed E-state index contributed by atoms with van der Waals surface area (Å²) in [7, 11) is 1.52. The summed E-state index contributed by atoms with van der Waals surface area (Å²) in [5.74, 6) is -5.21. The van der Waals surface area contributed by atoms with Crippen molar-refractivity contribution in [2.75, 3.05) is 7.11 Å². The number of ether oxygens (including phenoxy) is 6. The maximum atomic E-state index is 13.2. The van der Waals surface area contributed by atoms with Crippen LogP contribution in [0, 0.1) is 5.92 Å². The monoisotopic (exact) mass is 588 g/mol. The lowest BCUT2D eigenvalue weighted by Gasteiger charge is -2.59. The van der Waals surface area contributed by atoms with E-state index < -0.39 is 65.3 Å². The number of carbonyl (C=O) groups is 5. The Morgan fingerprint density at radius 2 is 1.71 bits per heavy atom. The summed E-state index contributed by atoms with van der Waals surface area (Å²) in [6, 6.07) is 3.80.